The molecule has 0 heterocycles. The number of esters is 1. The Morgan fingerprint density at radius 3 is 1.44 bits per heavy atom. The first kappa shape index (κ1) is 25.5. The smallest absolute Gasteiger partial charge is 0.333 e. The van der Waals surface area contributed by atoms with Gasteiger partial charge < -0.3 is 9.30 Å². The Balaban J connectivity index is 2.72. The van der Waals surface area contributed by atoms with E-state index in [1.165, 1.54) is 0 Å². The first-order chi connectivity index (χ1) is 14.8. The molecule has 0 amide bonds. The maximum absolute atomic E-state index is 14.3. The van der Waals surface area contributed by atoms with Gasteiger partial charge in [0.25, 0.3) is 0 Å². The van der Waals surface area contributed by atoms with E-state index in [1.54, 1.807) is 34.6 Å². The summed E-state index contributed by atoms with van der Waals surface area (Å²) in [5, 5.41) is 0. The molecule has 6 heteroatoms. The lowest BCUT2D eigenvalue weighted by molar-refractivity contribution is -0.138. The lowest BCUT2D eigenvalue weighted by Gasteiger charge is -2.21. The van der Waals surface area contributed by atoms with Gasteiger partial charge in [-0.3, -0.25) is 9.59 Å². The molecule has 0 spiro atoms. The van der Waals surface area contributed by atoms with E-state index in [0.29, 0.717) is 22.3 Å². The second-order valence-corrected chi connectivity index (χ2v) is 11.0. The lowest BCUT2D eigenvalue weighted by Crippen LogP contribution is -2.20. The Bertz CT molecular complexity index is 1050. The molecule has 0 saturated carbocycles. The van der Waals surface area contributed by atoms with Gasteiger partial charge in [0.05, 0.1) is 6.61 Å². The first-order valence-corrected chi connectivity index (χ1v) is 12.4. The summed E-state index contributed by atoms with van der Waals surface area (Å²) in [7, 11) is -4.30. The molecule has 32 heavy (non-hydrogen) atoms. The Labute approximate surface area is 190 Å². The van der Waals surface area contributed by atoms with Gasteiger partial charge in [-0.15, -0.1) is 0 Å². The molecule has 2 rings (SSSR count). The highest BCUT2D eigenvalue weighted by atomic mass is 31.2. The van der Waals surface area contributed by atoms with Crippen molar-refractivity contribution >= 4 is 24.2 Å². The molecule has 0 aliphatic carbocycles. The summed E-state index contributed by atoms with van der Waals surface area (Å²) >= 11 is 0. The van der Waals surface area contributed by atoms with Crippen LogP contribution in [0.4, 0.5) is 0 Å². The second-order valence-electron chi connectivity index (χ2n) is 8.38. The van der Waals surface area contributed by atoms with Crippen LogP contribution in [0.15, 0.2) is 36.4 Å². The molecule has 0 unspecified atom stereocenters. The van der Waals surface area contributed by atoms with Crippen molar-refractivity contribution in [3.05, 3.63) is 80.9 Å². The Morgan fingerprint density at radius 1 is 0.781 bits per heavy atom. The van der Waals surface area contributed by atoms with Crippen LogP contribution < -0.4 is 0 Å². The zero-order valence-electron chi connectivity index (χ0n) is 19.9. The minimum atomic E-state index is -4.30. The fraction of sp³-hybridized carbons (Fsp3) is 0.346. The molecule has 0 bridgehead atoms. The quantitative estimate of drug-likeness (QED) is 0.278. The average molecular weight is 455 g/mol. The van der Waals surface area contributed by atoms with Crippen LogP contribution in [0.3, 0.4) is 0 Å². The van der Waals surface area contributed by atoms with E-state index in [1.807, 2.05) is 38.1 Å². The Kier molecular flexibility index (Phi) is 7.79. The van der Waals surface area contributed by atoms with E-state index in [9.17, 15) is 18.9 Å². The summed E-state index contributed by atoms with van der Waals surface area (Å²) in [6.07, 6.45) is -0.553. The third-order valence-electron chi connectivity index (χ3n) is 5.42. The van der Waals surface area contributed by atoms with E-state index in [4.69, 9.17) is 4.74 Å². The highest BCUT2D eigenvalue weighted by Gasteiger charge is 2.44. The predicted molar refractivity (Wildman–Crippen MR) is 128 cm³/mol. The van der Waals surface area contributed by atoms with Crippen LogP contribution in [0.1, 0.15) is 61.0 Å². The number of benzene rings is 2. The van der Waals surface area contributed by atoms with Gasteiger partial charge in [-0.2, -0.15) is 0 Å². The summed E-state index contributed by atoms with van der Waals surface area (Å²) in [4.78, 5) is 39.8. The van der Waals surface area contributed by atoms with Gasteiger partial charge in [-0.1, -0.05) is 42.0 Å². The van der Waals surface area contributed by atoms with Crippen LogP contribution in [-0.4, -0.2) is 29.8 Å². The van der Waals surface area contributed by atoms with E-state index < -0.39 is 30.3 Å². The van der Waals surface area contributed by atoms with Crippen LogP contribution in [0.5, 0.6) is 0 Å². The van der Waals surface area contributed by atoms with Gasteiger partial charge in [-0.05, 0) is 70.7 Å². The summed E-state index contributed by atoms with van der Waals surface area (Å²) in [6.45, 7) is 16.2. The molecule has 0 fully saturated rings. The molecule has 2 aromatic carbocycles. The summed E-state index contributed by atoms with van der Waals surface area (Å²) < 4.78 is 19.3. The molecule has 170 valence electrons. The van der Waals surface area contributed by atoms with Crippen molar-refractivity contribution in [2.45, 2.75) is 48.5 Å². The largest absolute Gasteiger partial charge is 0.463 e. The molecule has 0 atom stereocenters. The lowest BCUT2D eigenvalue weighted by atomic mass is 10.0. The minimum absolute atomic E-state index is 0.108. The molecular weight excluding hydrogens is 423 g/mol. The number of ether oxygens (including phenoxy) is 1. The van der Waals surface area contributed by atoms with Gasteiger partial charge in [0.1, 0.15) is 0 Å². The summed E-state index contributed by atoms with van der Waals surface area (Å²) in [5.74, 6) is -0.761. The highest BCUT2D eigenvalue weighted by Crippen LogP contribution is 2.54. The van der Waals surface area contributed by atoms with Crippen LogP contribution >= 0.6 is 7.14 Å². The molecule has 2 aromatic rings. The van der Waals surface area contributed by atoms with Crippen molar-refractivity contribution in [2.24, 2.45) is 0 Å². The van der Waals surface area contributed by atoms with Crippen molar-refractivity contribution in [3.63, 3.8) is 0 Å². The Hall–Kier alpha value is -2.78. The number of aryl methyl sites for hydroxylation is 6. The molecule has 0 aliphatic heterocycles. The third-order valence-corrected chi connectivity index (χ3v) is 8.00. The number of hydrogen-bond donors (Lipinski definition) is 0. The van der Waals surface area contributed by atoms with Gasteiger partial charge in [0.2, 0.25) is 18.2 Å². The maximum Gasteiger partial charge on any atom is 0.333 e. The zero-order chi connectivity index (χ0) is 24.4. The molecule has 5 nitrogen and oxygen atoms in total. The van der Waals surface area contributed by atoms with Gasteiger partial charge in [-0.25, -0.2) is 4.79 Å². The summed E-state index contributed by atoms with van der Waals surface area (Å²) in [5.41, 5.74) is 3.33. The van der Waals surface area contributed by atoms with Crippen molar-refractivity contribution in [1.82, 2.24) is 0 Å². The van der Waals surface area contributed by atoms with Gasteiger partial charge in [0, 0.05) is 22.9 Å². The standard InChI is InChI=1S/C26H31O5P/c1-9-31-24(27)21(8)14-32(30,25(28)22-17(4)10-15(2)11-18(22)5)26(29)23-19(6)12-16(3)13-20(23)7/h10-13H,8-9,14H2,1-7H3. The average Bonchev–Trinajstić information content (AvgIpc) is 2.66. The molecule has 0 aliphatic rings. The fourth-order valence-electron chi connectivity index (χ4n) is 4.20. The van der Waals surface area contributed by atoms with Crippen LogP contribution in [-0.2, 0) is 14.1 Å². The van der Waals surface area contributed by atoms with Crippen LogP contribution in [0.2, 0.25) is 0 Å². The second kappa shape index (κ2) is 9.79. The van der Waals surface area contributed by atoms with Gasteiger partial charge >= 0.3 is 5.97 Å². The predicted octanol–water partition coefficient (Wildman–Crippen LogP) is 6.00. The molecule has 0 radical (unpaired) electrons. The van der Waals surface area contributed by atoms with E-state index in [-0.39, 0.29) is 23.3 Å². The van der Waals surface area contributed by atoms with Crippen molar-refractivity contribution in [3.8, 4) is 0 Å². The van der Waals surface area contributed by atoms with E-state index >= 15 is 0 Å². The summed E-state index contributed by atoms with van der Waals surface area (Å²) in [6, 6.07) is 7.27. The number of carbonyl (C=O) groups excluding carboxylic acids is 3. The maximum atomic E-state index is 14.3. The van der Waals surface area contributed by atoms with E-state index in [0.717, 1.165) is 11.1 Å². The third kappa shape index (κ3) is 4.99. The van der Waals surface area contributed by atoms with Crippen molar-refractivity contribution in [1.29, 1.82) is 0 Å². The highest BCUT2D eigenvalue weighted by molar-refractivity contribution is 7.95. The van der Waals surface area contributed by atoms with Crippen molar-refractivity contribution in [2.75, 3.05) is 12.8 Å². The molecule has 0 N–H and O–H groups in total. The molecule has 0 aromatic heterocycles. The van der Waals surface area contributed by atoms with Crippen LogP contribution in [0, 0.1) is 41.5 Å². The van der Waals surface area contributed by atoms with E-state index in [2.05, 4.69) is 6.58 Å². The van der Waals surface area contributed by atoms with Crippen molar-refractivity contribution < 1.29 is 23.7 Å². The Morgan fingerprint density at radius 2 is 1.12 bits per heavy atom. The molecular formula is C26H31O5P. The number of rotatable bonds is 8. The number of hydrogen-bond acceptors (Lipinski definition) is 5. The minimum Gasteiger partial charge on any atom is -0.463 e. The fourth-order valence-corrected chi connectivity index (χ4v) is 6.76. The number of carbonyl (C=O) groups is 3. The monoisotopic (exact) mass is 454 g/mol. The SMILES string of the molecule is C=C(CP(=O)(C(=O)c1c(C)cc(C)cc1C)C(=O)c1c(C)cc(C)cc1C)C(=O)OCC. The normalized spacial score (nSPS) is 11.2. The van der Waals surface area contributed by atoms with Crippen LogP contribution in [0.25, 0.3) is 0 Å². The topological polar surface area (TPSA) is 77.5 Å². The molecule has 0 saturated heterocycles. The van der Waals surface area contributed by atoms with Gasteiger partial charge in [0.15, 0.2) is 0 Å². The zero-order valence-corrected chi connectivity index (χ0v) is 20.8. The first-order valence-electron chi connectivity index (χ1n) is 10.5.